The summed E-state index contributed by atoms with van der Waals surface area (Å²) in [6.45, 7) is 10.3. The van der Waals surface area contributed by atoms with E-state index in [0.29, 0.717) is 24.6 Å². The van der Waals surface area contributed by atoms with Gasteiger partial charge in [-0.3, -0.25) is 9.59 Å². The highest BCUT2D eigenvalue weighted by Gasteiger charge is 2.29. The second-order valence-electron chi connectivity index (χ2n) is 8.62. The van der Waals surface area contributed by atoms with E-state index in [2.05, 4.69) is 19.2 Å². The highest BCUT2D eigenvalue weighted by atomic mass is 16.5. The molecule has 2 rings (SSSR count). The van der Waals surface area contributed by atoms with Crippen molar-refractivity contribution in [2.45, 2.75) is 72.0 Å². The first kappa shape index (κ1) is 26.2. The lowest BCUT2D eigenvalue weighted by molar-refractivity contribution is -0.143. The fraction of sp³-hybridized carbons (Fsp3) is 0.481. The van der Waals surface area contributed by atoms with Gasteiger partial charge in [-0.25, -0.2) is 0 Å². The van der Waals surface area contributed by atoms with E-state index in [1.54, 1.807) is 12.0 Å². The zero-order chi connectivity index (χ0) is 24.4. The van der Waals surface area contributed by atoms with Gasteiger partial charge >= 0.3 is 0 Å². The molecule has 2 amide bonds. The van der Waals surface area contributed by atoms with E-state index < -0.39 is 6.04 Å². The van der Waals surface area contributed by atoms with Crippen molar-refractivity contribution in [2.24, 2.45) is 0 Å². The molecule has 180 valence electrons. The van der Waals surface area contributed by atoms with Crippen molar-refractivity contribution in [1.82, 2.24) is 10.2 Å². The van der Waals surface area contributed by atoms with E-state index in [1.807, 2.05) is 69.3 Å². The average Bonchev–Trinajstić information content (AvgIpc) is 2.82. The molecule has 0 aliphatic heterocycles. The van der Waals surface area contributed by atoms with Crippen molar-refractivity contribution >= 4 is 11.8 Å². The minimum Gasteiger partial charge on any atom is -0.497 e. The molecular weight excluding hydrogens is 416 g/mol. The van der Waals surface area contributed by atoms with E-state index >= 15 is 0 Å². The molecule has 2 aromatic carbocycles. The topological polar surface area (TPSA) is 67.9 Å². The molecule has 33 heavy (non-hydrogen) atoms. The van der Waals surface area contributed by atoms with Crippen LogP contribution in [0.1, 0.15) is 64.5 Å². The van der Waals surface area contributed by atoms with Crippen molar-refractivity contribution in [3.63, 3.8) is 0 Å². The highest BCUT2D eigenvalue weighted by molar-refractivity contribution is 5.88. The van der Waals surface area contributed by atoms with Crippen molar-refractivity contribution in [1.29, 1.82) is 0 Å². The van der Waals surface area contributed by atoms with Crippen LogP contribution in [-0.4, -0.2) is 42.5 Å². The van der Waals surface area contributed by atoms with Gasteiger partial charge in [-0.05, 0) is 61.1 Å². The highest BCUT2D eigenvalue weighted by Crippen LogP contribution is 2.20. The van der Waals surface area contributed by atoms with Gasteiger partial charge in [0.2, 0.25) is 5.91 Å². The molecule has 2 aromatic rings. The number of rotatable bonds is 12. The number of ether oxygens (including phenoxy) is 2. The Morgan fingerprint density at radius 2 is 1.52 bits per heavy atom. The third-order valence-electron chi connectivity index (χ3n) is 5.81. The quantitative estimate of drug-likeness (QED) is 0.494. The Kier molecular flexibility index (Phi) is 10.2. The maximum Gasteiger partial charge on any atom is 0.261 e. The first-order chi connectivity index (χ1) is 15.8. The molecule has 0 aliphatic carbocycles. The number of carbonyl (C=O) groups excluding carboxylic acids is 2. The van der Waals surface area contributed by atoms with Crippen LogP contribution in [0.25, 0.3) is 0 Å². The number of amides is 2. The Morgan fingerprint density at radius 1 is 0.909 bits per heavy atom. The summed E-state index contributed by atoms with van der Waals surface area (Å²) in [5.74, 6) is 1.43. The summed E-state index contributed by atoms with van der Waals surface area (Å²) in [4.78, 5) is 27.9. The van der Waals surface area contributed by atoms with Crippen LogP contribution in [0.5, 0.6) is 11.5 Å². The van der Waals surface area contributed by atoms with Gasteiger partial charge in [0.15, 0.2) is 6.61 Å². The molecule has 1 N–H and O–H groups in total. The van der Waals surface area contributed by atoms with Crippen LogP contribution in [-0.2, 0) is 16.1 Å². The number of hydrogen-bond donors (Lipinski definition) is 1. The Balaban J connectivity index is 2.19. The van der Waals surface area contributed by atoms with E-state index in [4.69, 9.17) is 9.47 Å². The smallest absolute Gasteiger partial charge is 0.261 e. The van der Waals surface area contributed by atoms with E-state index in [0.717, 1.165) is 17.7 Å². The molecule has 0 spiro atoms. The maximum absolute atomic E-state index is 13.3. The van der Waals surface area contributed by atoms with Crippen LogP contribution in [0.15, 0.2) is 48.5 Å². The van der Waals surface area contributed by atoms with Gasteiger partial charge in [0, 0.05) is 12.6 Å². The van der Waals surface area contributed by atoms with Gasteiger partial charge < -0.3 is 19.7 Å². The number of carbonyl (C=O) groups is 2. The molecule has 0 heterocycles. The molecule has 6 nitrogen and oxygen atoms in total. The summed E-state index contributed by atoms with van der Waals surface area (Å²) in [5.41, 5.74) is 2.13. The third kappa shape index (κ3) is 7.81. The summed E-state index contributed by atoms with van der Waals surface area (Å²) in [7, 11) is 1.61. The third-order valence-corrected chi connectivity index (χ3v) is 5.81. The molecule has 0 aliphatic rings. The molecule has 2 atom stereocenters. The molecule has 0 radical (unpaired) electrons. The van der Waals surface area contributed by atoms with Gasteiger partial charge in [-0.2, -0.15) is 0 Å². The molecule has 0 saturated carbocycles. The van der Waals surface area contributed by atoms with Crippen molar-refractivity contribution in [3.8, 4) is 11.5 Å². The number of benzene rings is 2. The van der Waals surface area contributed by atoms with Crippen molar-refractivity contribution in [2.75, 3.05) is 13.7 Å². The maximum atomic E-state index is 13.3. The monoisotopic (exact) mass is 454 g/mol. The van der Waals surface area contributed by atoms with Gasteiger partial charge in [0.05, 0.1) is 7.11 Å². The lowest BCUT2D eigenvalue weighted by Crippen LogP contribution is -2.51. The predicted octanol–water partition coefficient (Wildman–Crippen LogP) is 4.92. The van der Waals surface area contributed by atoms with Gasteiger partial charge in [0.25, 0.3) is 5.91 Å². The summed E-state index contributed by atoms with van der Waals surface area (Å²) in [6, 6.07) is 14.7. The van der Waals surface area contributed by atoms with Gasteiger partial charge in [0.1, 0.15) is 17.5 Å². The SMILES string of the molecule is CC[C@H](C)NC(=O)[C@H](CC)N(Cc1ccc(OC)cc1)C(=O)COc1ccc(C(C)C)cc1. The summed E-state index contributed by atoms with van der Waals surface area (Å²) in [5, 5.41) is 3.02. The summed E-state index contributed by atoms with van der Waals surface area (Å²) < 4.78 is 11.0. The number of methoxy groups -OCH3 is 1. The van der Waals surface area contributed by atoms with Gasteiger partial charge in [-0.1, -0.05) is 52.0 Å². The Labute approximate surface area is 198 Å². The lowest BCUT2D eigenvalue weighted by Gasteiger charge is -2.31. The van der Waals surface area contributed by atoms with Crippen molar-refractivity contribution < 1.29 is 19.1 Å². The molecule has 6 heteroatoms. The van der Waals surface area contributed by atoms with E-state index in [9.17, 15) is 9.59 Å². The Morgan fingerprint density at radius 3 is 2.03 bits per heavy atom. The fourth-order valence-electron chi connectivity index (χ4n) is 3.47. The van der Waals surface area contributed by atoms with Crippen LogP contribution in [0.2, 0.25) is 0 Å². The van der Waals surface area contributed by atoms with Crippen molar-refractivity contribution in [3.05, 3.63) is 59.7 Å². The molecule has 0 bridgehead atoms. The van der Waals surface area contributed by atoms with Crippen LogP contribution in [0.3, 0.4) is 0 Å². The standard InChI is InChI=1S/C27H38N2O4/c1-7-20(5)28-27(31)25(8-2)29(17-21-9-13-23(32-6)14-10-21)26(30)18-33-24-15-11-22(12-16-24)19(3)4/h9-16,19-20,25H,7-8,17-18H2,1-6H3,(H,28,31)/t20-,25-/m0/s1. The normalized spacial score (nSPS) is 12.7. The molecular formula is C27H38N2O4. The average molecular weight is 455 g/mol. The van der Waals surface area contributed by atoms with Crippen LogP contribution < -0.4 is 14.8 Å². The van der Waals surface area contributed by atoms with Crippen LogP contribution in [0, 0.1) is 0 Å². The van der Waals surface area contributed by atoms with Crippen LogP contribution >= 0.6 is 0 Å². The zero-order valence-corrected chi connectivity index (χ0v) is 20.8. The minimum absolute atomic E-state index is 0.0419. The fourth-order valence-corrected chi connectivity index (χ4v) is 3.47. The number of hydrogen-bond acceptors (Lipinski definition) is 4. The summed E-state index contributed by atoms with van der Waals surface area (Å²) >= 11 is 0. The van der Waals surface area contributed by atoms with Crippen LogP contribution in [0.4, 0.5) is 0 Å². The number of nitrogens with one attached hydrogen (secondary N) is 1. The van der Waals surface area contributed by atoms with Gasteiger partial charge in [-0.15, -0.1) is 0 Å². The first-order valence-corrected chi connectivity index (χ1v) is 11.7. The van der Waals surface area contributed by atoms with E-state index in [-0.39, 0.29) is 24.5 Å². The molecule has 0 unspecified atom stereocenters. The Hall–Kier alpha value is -3.02. The Bertz CT molecular complexity index is 878. The molecule has 0 fully saturated rings. The zero-order valence-electron chi connectivity index (χ0n) is 20.8. The predicted molar refractivity (Wildman–Crippen MR) is 132 cm³/mol. The number of nitrogens with zero attached hydrogens (tertiary/aromatic N) is 1. The second-order valence-corrected chi connectivity index (χ2v) is 8.62. The largest absolute Gasteiger partial charge is 0.497 e. The second kappa shape index (κ2) is 12.9. The minimum atomic E-state index is -0.583. The molecule has 0 saturated heterocycles. The first-order valence-electron chi connectivity index (χ1n) is 11.7. The lowest BCUT2D eigenvalue weighted by atomic mass is 10.0. The summed E-state index contributed by atoms with van der Waals surface area (Å²) in [6.07, 6.45) is 1.33. The molecule has 0 aromatic heterocycles. The van der Waals surface area contributed by atoms with E-state index in [1.165, 1.54) is 5.56 Å².